The molecule has 0 radical (unpaired) electrons. The fourth-order valence-electron chi connectivity index (χ4n) is 5.25. The van der Waals surface area contributed by atoms with Gasteiger partial charge in [-0.15, -0.1) is 0 Å². The second kappa shape index (κ2) is 11.9. The molecule has 0 amide bonds. The molecule has 4 nitrogen and oxygen atoms in total. The zero-order chi connectivity index (χ0) is 29.1. The number of fused-ring (bicyclic) bond motifs is 2. The fraction of sp³-hybridized carbons (Fsp3) is 0.189. The van der Waals surface area contributed by atoms with Crippen LogP contribution in [0.5, 0.6) is 5.75 Å². The molecule has 0 aliphatic heterocycles. The number of ether oxygens (including phenoxy) is 1. The first-order chi connectivity index (χ1) is 19.8. The number of pyridine rings is 2. The van der Waals surface area contributed by atoms with Crippen molar-refractivity contribution < 1.29 is 9.84 Å². The third-order valence-electron chi connectivity index (χ3n) is 7.56. The van der Waals surface area contributed by atoms with E-state index in [1.807, 2.05) is 42.5 Å². The lowest BCUT2D eigenvalue weighted by molar-refractivity contribution is 0.199. The van der Waals surface area contributed by atoms with Gasteiger partial charge in [0.25, 0.3) is 0 Å². The van der Waals surface area contributed by atoms with Crippen molar-refractivity contribution in [1.82, 2.24) is 9.97 Å². The second-order valence-corrected chi connectivity index (χ2v) is 10.6. The number of aliphatic hydroxyl groups excluding tert-OH is 1. The lowest BCUT2D eigenvalue weighted by Crippen LogP contribution is -2.00. The summed E-state index contributed by atoms with van der Waals surface area (Å²) in [6, 6.07) is 32.9. The van der Waals surface area contributed by atoms with Crippen LogP contribution in [-0.2, 0) is 0 Å². The number of para-hydroxylation sites is 2. The molecule has 0 bridgehead atoms. The molecule has 0 spiro atoms. The summed E-state index contributed by atoms with van der Waals surface area (Å²) >= 11 is 0. The molecule has 206 valence electrons. The standard InChI is InChI=1S/C19H19NO.C18H17NO/c1-12-7-4-5-10-16(12)19-17(14(3)21)11-15-9-6-8-13(2)18(15)20-19;1-12-7-4-5-10-15(12)18-16(20-3)11-14-9-6-8-13(2)17(14)19-18/h4-11,14,21H,1-3H3;4-11H,1-3H3. The molecular weight excluding hydrogens is 504 g/mol. The van der Waals surface area contributed by atoms with Crippen LogP contribution in [0.2, 0.25) is 0 Å². The highest BCUT2D eigenvalue weighted by Crippen LogP contribution is 2.34. The summed E-state index contributed by atoms with van der Waals surface area (Å²) < 4.78 is 5.54. The number of aryl methyl sites for hydroxylation is 4. The molecule has 1 unspecified atom stereocenters. The average molecular weight is 541 g/mol. The molecular formula is C37H36N2O2. The van der Waals surface area contributed by atoms with E-state index in [0.717, 1.165) is 61.2 Å². The summed E-state index contributed by atoms with van der Waals surface area (Å²) in [4.78, 5) is 9.72. The number of nitrogens with zero attached hydrogens (tertiary/aromatic N) is 2. The zero-order valence-electron chi connectivity index (χ0n) is 24.6. The molecule has 4 aromatic carbocycles. The normalized spacial score (nSPS) is 11.7. The van der Waals surface area contributed by atoms with Crippen LogP contribution in [0.25, 0.3) is 44.3 Å². The van der Waals surface area contributed by atoms with Crippen LogP contribution in [0, 0.1) is 27.7 Å². The Balaban J connectivity index is 0.000000165. The van der Waals surface area contributed by atoms with Gasteiger partial charge in [0.2, 0.25) is 0 Å². The Morgan fingerprint density at radius 1 is 0.585 bits per heavy atom. The van der Waals surface area contributed by atoms with Crippen molar-refractivity contribution in [3.63, 3.8) is 0 Å². The van der Waals surface area contributed by atoms with Crippen molar-refractivity contribution in [3.8, 4) is 28.3 Å². The number of aromatic nitrogens is 2. The van der Waals surface area contributed by atoms with E-state index >= 15 is 0 Å². The maximum Gasteiger partial charge on any atom is 0.145 e. The van der Waals surface area contributed by atoms with Crippen LogP contribution < -0.4 is 4.74 Å². The van der Waals surface area contributed by atoms with Crippen molar-refractivity contribution in [2.45, 2.75) is 40.7 Å². The second-order valence-electron chi connectivity index (χ2n) is 10.6. The van der Waals surface area contributed by atoms with Crippen LogP contribution in [0.15, 0.2) is 97.1 Å². The predicted octanol–water partition coefficient (Wildman–Crippen LogP) is 9.10. The van der Waals surface area contributed by atoms with E-state index in [9.17, 15) is 5.11 Å². The fourth-order valence-corrected chi connectivity index (χ4v) is 5.25. The smallest absolute Gasteiger partial charge is 0.145 e. The molecule has 2 aromatic heterocycles. The van der Waals surface area contributed by atoms with Gasteiger partial charge in [-0.3, -0.25) is 0 Å². The summed E-state index contributed by atoms with van der Waals surface area (Å²) in [5, 5.41) is 12.3. The molecule has 41 heavy (non-hydrogen) atoms. The topological polar surface area (TPSA) is 55.2 Å². The van der Waals surface area contributed by atoms with Gasteiger partial charge in [0.15, 0.2) is 0 Å². The van der Waals surface area contributed by atoms with E-state index in [1.54, 1.807) is 14.0 Å². The Labute approximate surface area is 242 Å². The van der Waals surface area contributed by atoms with Crippen molar-refractivity contribution >= 4 is 21.8 Å². The quantitative estimate of drug-likeness (QED) is 0.242. The SMILES string of the molecule is COc1cc2cccc(C)c2nc1-c1ccccc1C.Cc1ccccc1-c1nc2c(C)cccc2cc1C(C)O. The van der Waals surface area contributed by atoms with E-state index in [0.29, 0.717) is 0 Å². The van der Waals surface area contributed by atoms with Gasteiger partial charge in [-0.1, -0.05) is 84.9 Å². The first kappa shape index (κ1) is 28.0. The van der Waals surface area contributed by atoms with Crippen LogP contribution in [0.4, 0.5) is 0 Å². The summed E-state index contributed by atoms with van der Waals surface area (Å²) in [6.07, 6.45) is -0.544. The van der Waals surface area contributed by atoms with Crippen molar-refractivity contribution in [2.24, 2.45) is 0 Å². The van der Waals surface area contributed by atoms with E-state index in [1.165, 1.54) is 16.7 Å². The highest BCUT2D eigenvalue weighted by molar-refractivity contribution is 5.88. The number of hydrogen-bond donors (Lipinski definition) is 1. The first-order valence-electron chi connectivity index (χ1n) is 13.9. The molecule has 6 aromatic rings. The van der Waals surface area contributed by atoms with Gasteiger partial charge < -0.3 is 9.84 Å². The van der Waals surface area contributed by atoms with Crippen molar-refractivity contribution in [2.75, 3.05) is 7.11 Å². The molecule has 2 heterocycles. The highest BCUT2D eigenvalue weighted by atomic mass is 16.5. The Morgan fingerprint density at radius 3 is 1.56 bits per heavy atom. The van der Waals surface area contributed by atoms with Crippen LogP contribution in [0.3, 0.4) is 0 Å². The third-order valence-corrected chi connectivity index (χ3v) is 7.56. The largest absolute Gasteiger partial charge is 0.494 e. The number of hydrogen-bond acceptors (Lipinski definition) is 4. The minimum Gasteiger partial charge on any atom is -0.494 e. The van der Waals surface area contributed by atoms with Crippen molar-refractivity contribution in [1.29, 1.82) is 0 Å². The zero-order valence-corrected chi connectivity index (χ0v) is 24.6. The van der Waals surface area contributed by atoms with Crippen LogP contribution in [0.1, 0.15) is 40.8 Å². The molecule has 0 fully saturated rings. The molecule has 1 atom stereocenters. The van der Waals surface area contributed by atoms with Gasteiger partial charge in [-0.25, -0.2) is 9.97 Å². The number of methoxy groups -OCH3 is 1. The molecule has 0 aliphatic rings. The molecule has 0 saturated heterocycles. The number of benzene rings is 4. The van der Waals surface area contributed by atoms with E-state index in [4.69, 9.17) is 14.7 Å². The Morgan fingerprint density at radius 2 is 1.05 bits per heavy atom. The molecule has 4 heteroatoms. The lowest BCUT2D eigenvalue weighted by Gasteiger charge is -2.15. The van der Waals surface area contributed by atoms with E-state index in [2.05, 4.69) is 82.3 Å². The van der Waals surface area contributed by atoms with Gasteiger partial charge in [0.05, 0.1) is 29.9 Å². The van der Waals surface area contributed by atoms with Gasteiger partial charge in [0.1, 0.15) is 11.4 Å². The average Bonchev–Trinajstić information content (AvgIpc) is 2.97. The van der Waals surface area contributed by atoms with Gasteiger partial charge in [0, 0.05) is 27.5 Å². The molecule has 1 N–H and O–H groups in total. The monoisotopic (exact) mass is 540 g/mol. The highest BCUT2D eigenvalue weighted by Gasteiger charge is 2.16. The summed E-state index contributed by atoms with van der Waals surface area (Å²) in [7, 11) is 1.69. The van der Waals surface area contributed by atoms with Gasteiger partial charge in [-0.2, -0.15) is 0 Å². The summed E-state index contributed by atoms with van der Waals surface area (Å²) in [5.74, 6) is 0.817. The molecule has 0 saturated carbocycles. The summed E-state index contributed by atoms with van der Waals surface area (Å²) in [5.41, 5.74) is 11.6. The molecule has 0 aliphatic carbocycles. The predicted molar refractivity (Wildman–Crippen MR) is 170 cm³/mol. The summed E-state index contributed by atoms with van der Waals surface area (Å²) in [6.45, 7) is 10.1. The third kappa shape index (κ3) is 5.70. The van der Waals surface area contributed by atoms with E-state index in [-0.39, 0.29) is 0 Å². The minimum absolute atomic E-state index is 0.544. The van der Waals surface area contributed by atoms with E-state index < -0.39 is 6.10 Å². The Hall–Kier alpha value is -4.54. The van der Waals surface area contributed by atoms with Crippen molar-refractivity contribution in [3.05, 3.63) is 125 Å². The number of aliphatic hydroxyl groups is 1. The number of rotatable bonds is 4. The Kier molecular flexibility index (Phi) is 8.14. The van der Waals surface area contributed by atoms with Gasteiger partial charge >= 0.3 is 0 Å². The van der Waals surface area contributed by atoms with Crippen LogP contribution in [-0.4, -0.2) is 22.2 Å². The maximum absolute atomic E-state index is 10.1. The maximum atomic E-state index is 10.1. The molecule has 6 rings (SSSR count). The Bertz CT molecular complexity index is 1860. The first-order valence-corrected chi connectivity index (χ1v) is 13.9. The minimum atomic E-state index is -0.544. The van der Waals surface area contributed by atoms with Crippen LogP contribution >= 0.6 is 0 Å². The lowest BCUT2D eigenvalue weighted by atomic mass is 9.96. The van der Waals surface area contributed by atoms with Gasteiger partial charge in [-0.05, 0) is 69.0 Å².